The minimum atomic E-state index is -0.579. The molecule has 140 valence electrons. The SMILES string of the molecule is CNc1cnn(C2CCN(C(C)c3ccc(F)cc3F)CC2)c(=O)c1Cl. The number of anilines is 1. The molecule has 1 N–H and O–H groups in total. The minimum absolute atomic E-state index is 0.0487. The van der Waals surface area contributed by atoms with E-state index in [1.165, 1.54) is 16.8 Å². The van der Waals surface area contributed by atoms with E-state index in [2.05, 4.69) is 15.3 Å². The van der Waals surface area contributed by atoms with Gasteiger partial charge in [-0.3, -0.25) is 9.69 Å². The topological polar surface area (TPSA) is 50.2 Å². The summed E-state index contributed by atoms with van der Waals surface area (Å²) >= 11 is 6.09. The smallest absolute Gasteiger partial charge is 0.287 e. The Kier molecular flexibility index (Phi) is 5.58. The Morgan fingerprint density at radius 1 is 1.31 bits per heavy atom. The van der Waals surface area contributed by atoms with Crippen LogP contribution in [-0.4, -0.2) is 34.8 Å². The second-order valence-electron chi connectivity index (χ2n) is 6.48. The molecule has 0 saturated carbocycles. The van der Waals surface area contributed by atoms with Gasteiger partial charge in [0.25, 0.3) is 5.56 Å². The molecule has 0 spiro atoms. The van der Waals surface area contributed by atoms with Gasteiger partial charge >= 0.3 is 0 Å². The first-order valence-electron chi connectivity index (χ1n) is 8.56. The van der Waals surface area contributed by atoms with Gasteiger partial charge in [-0.25, -0.2) is 13.5 Å². The lowest BCUT2D eigenvalue weighted by atomic mass is 10.00. The van der Waals surface area contributed by atoms with Crippen molar-refractivity contribution in [3.05, 3.63) is 57.0 Å². The minimum Gasteiger partial charge on any atom is -0.385 e. The van der Waals surface area contributed by atoms with Gasteiger partial charge in [-0.1, -0.05) is 17.7 Å². The summed E-state index contributed by atoms with van der Waals surface area (Å²) < 4.78 is 28.6. The van der Waals surface area contributed by atoms with E-state index in [-0.39, 0.29) is 22.7 Å². The van der Waals surface area contributed by atoms with Crippen molar-refractivity contribution in [1.82, 2.24) is 14.7 Å². The predicted molar refractivity (Wildman–Crippen MR) is 97.7 cm³/mol. The third kappa shape index (κ3) is 3.59. The molecule has 1 atom stereocenters. The van der Waals surface area contributed by atoms with Gasteiger partial charge in [-0.15, -0.1) is 0 Å². The fourth-order valence-electron chi connectivity index (χ4n) is 3.43. The van der Waals surface area contributed by atoms with Crippen LogP contribution in [0.3, 0.4) is 0 Å². The highest BCUT2D eigenvalue weighted by atomic mass is 35.5. The van der Waals surface area contributed by atoms with Crippen LogP contribution in [0.2, 0.25) is 5.02 Å². The summed E-state index contributed by atoms with van der Waals surface area (Å²) in [7, 11) is 1.68. The lowest BCUT2D eigenvalue weighted by Gasteiger charge is -2.36. The van der Waals surface area contributed by atoms with Crippen molar-refractivity contribution in [3.8, 4) is 0 Å². The Balaban J connectivity index is 1.71. The number of likely N-dealkylation sites (tertiary alicyclic amines) is 1. The van der Waals surface area contributed by atoms with E-state index >= 15 is 0 Å². The molecule has 1 unspecified atom stereocenters. The lowest BCUT2D eigenvalue weighted by Crippen LogP contribution is -2.39. The molecule has 8 heteroatoms. The maximum atomic E-state index is 14.0. The summed E-state index contributed by atoms with van der Waals surface area (Å²) in [6, 6.07) is 3.46. The first-order chi connectivity index (χ1) is 12.4. The molecular formula is C18H21ClF2N4O. The maximum Gasteiger partial charge on any atom is 0.287 e. The number of nitrogens with zero attached hydrogens (tertiary/aromatic N) is 3. The molecule has 1 aromatic heterocycles. The summed E-state index contributed by atoms with van der Waals surface area (Å²) in [6.45, 7) is 3.27. The molecule has 1 aliphatic heterocycles. The van der Waals surface area contributed by atoms with Gasteiger partial charge in [0.2, 0.25) is 0 Å². The average Bonchev–Trinajstić information content (AvgIpc) is 2.64. The lowest BCUT2D eigenvalue weighted by molar-refractivity contribution is 0.135. The quantitative estimate of drug-likeness (QED) is 0.877. The van der Waals surface area contributed by atoms with E-state index in [4.69, 9.17) is 11.6 Å². The van der Waals surface area contributed by atoms with Crippen LogP contribution in [0, 0.1) is 11.6 Å². The number of piperidine rings is 1. The summed E-state index contributed by atoms with van der Waals surface area (Å²) in [5.41, 5.74) is 0.668. The normalized spacial score (nSPS) is 17.3. The Bertz CT molecular complexity index is 850. The number of hydrogen-bond acceptors (Lipinski definition) is 4. The van der Waals surface area contributed by atoms with Gasteiger partial charge in [-0.05, 0) is 25.8 Å². The van der Waals surface area contributed by atoms with Crippen LogP contribution < -0.4 is 10.9 Å². The number of halogens is 3. The molecule has 0 aliphatic carbocycles. The van der Waals surface area contributed by atoms with E-state index < -0.39 is 11.6 Å². The zero-order valence-corrected chi connectivity index (χ0v) is 15.4. The van der Waals surface area contributed by atoms with Gasteiger partial charge < -0.3 is 5.32 Å². The Hall–Kier alpha value is -1.99. The second kappa shape index (κ2) is 7.72. The van der Waals surface area contributed by atoms with Crippen molar-refractivity contribution in [2.24, 2.45) is 0 Å². The predicted octanol–water partition coefficient (Wildman–Crippen LogP) is 3.61. The molecule has 1 saturated heterocycles. The van der Waals surface area contributed by atoms with Gasteiger partial charge in [0.05, 0.1) is 17.9 Å². The Morgan fingerprint density at radius 2 is 2.00 bits per heavy atom. The van der Waals surface area contributed by atoms with Crippen LogP contribution in [0.1, 0.15) is 37.4 Å². The van der Waals surface area contributed by atoms with E-state index in [0.717, 1.165) is 6.07 Å². The average molecular weight is 383 g/mol. The third-order valence-electron chi connectivity index (χ3n) is 5.02. The van der Waals surface area contributed by atoms with Crippen molar-refractivity contribution in [3.63, 3.8) is 0 Å². The monoisotopic (exact) mass is 382 g/mol. The molecular weight excluding hydrogens is 362 g/mol. The molecule has 26 heavy (non-hydrogen) atoms. The molecule has 3 rings (SSSR count). The first kappa shape index (κ1) is 18.8. The van der Waals surface area contributed by atoms with Gasteiger partial charge in [-0.2, -0.15) is 5.10 Å². The van der Waals surface area contributed by atoms with E-state index in [0.29, 0.717) is 37.2 Å². The molecule has 1 fully saturated rings. The fraction of sp³-hybridized carbons (Fsp3) is 0.444. The zero-order chi connectivity index (χ0) is 18.8. The molecule has 2 aromatic rings. The third-order valence-corrected chi connectivity index (χ3v) is 5.38. The molecule has 2 heterocycles. The molecule has 5 nitrogen and oxygen atoms in total. The number of hydrogen-bond donors (Lipinski definition) is 1. The van der Waals surface area contributed by atoms with Crippen LogP contribution >= 0.6 is 11.6 Å². The summed E-state index contributed by atoms with van der Waals surface area (Å²) in [5.74, 6) is -1.11. The Labute approximate surface area is 155 Å². The highest BCUT2D eigenvalue weighted by Crippen LogP contribution is 2.30. The number of benzene rings is 1. The molecule has 0 radical (unpaired) electrons. The van der Waals surface area contributed by atoms with Crippen molar-refractivity contribution < 1.29 is 8.78 Å². The van der Waals surface area contributed by atoms with Crippen LogP contribution in [0.5, 0.6) is 0 Å². The van der Waals surface area contributed by atoms with E-state index in [1.807, 2.05) is 6.92 Å². The summed E-state index contributed by atoms with van der Waals surface area (Å²) in [4.78, 5) is 14.5. The highest BCUT2D eigenvalue weighted by Gasteiger charge is 2.27. The van der Waals surface area contributed by atoms with Crippen LogP contribution in [0.4, 0.5) is 14.5 Å². The highest BCUT2D eigenvalue weighted by molar-refractivity contribution is 6.32. The Morgan fingerprint density at radius 3 is 2.62 bits per heavy atom. The molecule has 0 bridgehead atoms. The van der Waals surface area contributed by atoms with E-state index in [1.54, 1.807) is 13.2 Å². The molecule has 1 aromatic carbocycles. The van der Waals surface area contributed by atoms with Crippen molar-refractivity contribution >= 4 is 17.3 Å². The van der Waals surface area contributed by atoms with Crippen molar-refractivity contribution in [2.75, 3.05) is 25.5 Å². The fourth-order valence-corrected chi connectivity index (χ4v) is 3.66. The number of nitrogens with one attached hydrogen (secondary N) is 1. The zero-order valence-electron chi connectivity index (χ0n) is 14.7. The molecule has 0 amide bonds. The van der Waals surface area contributed by atoms with Gasteiger partial charge in [0.1, 0.15) is 16.7 Å². The number of aromatic nitrogens is 2. The standard InChI is InChI=1S/C18H21ClF2N4O/c1-11(14-4-3-12(20)9-15(14)21)24-7-5-13(6-8-24)25-18(26)17(19)16(22-2)10-23-25/h3-4,9-11,13,22H,5-8H2,1-2H3. The number of rotatable bonds is 4. The van der Waals surface area contributed by atoms with Gasteiger partial charge in [0.15, 0.2) is 0 Å². The van der Waals surface area contributed by atoms with Crippen molar-refractivity contribution in [2.45, 2.75) is 31.8 Å². The summed E-state index contributed by atoms with van der Waals surface area (Å²) in [6.07, 6.45) is 2.96. The van der Waals surface area contributed by atoms with Crippen LogP contribution in [-0.2, 0) is 0 Å². The first-order valence-corrected chi connectivity index (χ1v) is 8.94. The second-order valence-corrected chi connectivity index (χ2v) is 6.86. The van der Waals surface area contributed by atoms with Gasteiger partial charge in [0, 0.05) is 37.8 Å². The van der Waals surface area contributed by atoms with Crippen molar-refractivity contribution in [1.29, 1.82) is 0 Å². The summed E-state index contributed by atoms with van der Waals surface area (Å²) in [5, 5.41) is 7.19. The largest absolute Gasteiger partial charge is 0.385 e. The maximum absolute atomic E-state index is 14.0. The van der Waals surface area contributed by atoms with E-state index in [9.17, 15) is 13.6 Å². The van der Waals surface area contributed by atoms with Crippen LogP contribution in [0.25, 0.3) is 0 Å². The molecule has 1 aliphatic rings. The van der Waals surface area contributed by atoms with Crippen LogP contribution in [0.15, 0.2) is 29.2 Å².